The molecule has 6 N–H and O–H groups in total. The molecular formula is C12H16N6. The first-order chi connectivity index (χ1) is 8.50. The summed E-state index contributed by atoms with van der Waals surface area (Å²) in [6.45, 7) is 0. The van der Waals surface area contributed by atoms with Crippen LogP contribution in [0.5, 0.6) is 0 Å². The van der Waals surface area contributed by atoms with Crippen LogP contribution in [0.2, 0.25) is 0 Å². The predicted octanol–water partition coefficient (Wildman–Crippen LogP) is 0.446. The highest BCUT2D eigenvalue weighted by atomic mass is 15.5. The van der Waals surface area contributed by atoms with Crippen LogP contribution in [0.3, 0.4) is 0 Å². The third-order valence-electron chi connectivity index (χ3n) is 3.01. The van der Waals surface area contributed by atoms with Crippen molar-refractivity contribution in [3.63, 3.8) is 0 Å². The van der Waals surface area contributed by atoms with Crippen LogP contribution in [-0.4, -0.2) is 29.6 Å². The van der Waals surface area contributed by atoms with Crippen molar-refractivity contribution >= 4 is 17.5 Å². The molecule has 0 unspecified atom stereocenters. The average Bonchev–Trinajstić information content (AvgIpc) is 2.72. The van der Waals surface area contributed by atoms with Gasteiger partial charge < -0.3 is 11.5 Å². The highest BCUT2D eigenvalue weighted by Crippen LogP contribution is 2.26. The third kappa shape index (κ3) is 2.04. The minimum Gasteiger partial charge on any atom is -0.384 e. The molecule has 1 aliphatic rings. The van der Waals surface area contributed by atoms with Gasteiger partial charge in [-0.25, -0.2) is 5.01 Å². The number of hydrazone groups is 1. The highest BCUT2D eigenvalue weighted by Gasteiger charge is 2.22. The molecule has 0 saturated carbocycles. The number of nitrogens with zero attached hydrogens (tertiary/aromatic N) is 2. The fourth-order valence-corrected chi connectivity index (χ4v) is 2.10. The molecule has 0 spiro atoms. The maximum absolute atomic E-state index is 7.55. The van der Waals surface area contributed by atoms with Crippen LogP contribution in [0.15, 0.2) is 23.3 Å². The molecule has 18 heavy (non-hydrogen) atoms. The Morgan fingerprint density at radius 1 is 1.28 bits per heavy atom. The molecule has 0 radical (unpaired) electrons. The van der Waals surface area contributed by atoms with Crippen molar-refractivity contribution in [1.82, 2.24) is 5.01 Å². The lowest BCUT2D eigenvalue weighted by molar-refractivity contribution is 0.532. The summed E-state index contributed by atoms with van der Waals surface area (Å²) in [4.78, 5) is 0. The van der Waals surface area contributed by atoms with Gasteiger partial charge in [0.15, 0.2) is 0 Å². The van der Waals surface area contributed by atoms with Gasteiger partial charge in [0, 0.05) is 18.2 Å². The monoisotopic (exact) mass is 244 g/mol. The normalized spacial score (nSPS) is 15.5. The number of nitrogens with one attached hydrogen (secondary N) is 2. The van der Waals surface area contributed by atoms with E-state index in [-0.39, 0.29) is 11.8 Å². The van der Waals surface area contributed by atoms with Crippen molar-refractivity contribution in [2.45, 2.75) is 12.8 Å². The number of hydrogen-bond acceptors (Lipinski definition) is 3. The van der Waals surface area contributed by atoms with E-state index < -0.39 is 0 Å². The topological polar surface area (TPSA) is 115 Å². The summed E-state index contributed by atoms with van der Waals surface area (Å²) in [6, 6.07) is 5.67. The van der Waals surface area contributed by atoms with E-state index in [1.165, 1.54) is 5.01 Å². The molecule has 0 fully saturated rings. The number of fused-ring (bicyclic) bond motifs is 1. The summed E-state index contributed by atoms with van der Waals surface area (Å²) in [6.07, 6.45) is 1.59. The second kappa shape index (κ2) is 4.48. The largest absolute Gasteiger partial charge is 0.384 e. The van der Waals surface area contributed by atoms with Crippen LogP contribution < -0.4 is 11.5 Å². The van der Waals surface area contributed by atoms with Crippen LogP contribution in [0.1, 0.15) is 23.1 Å². The predicted molar refractivity (Wildman–Crippen MR) is 72.0 cm³/mol. The second-order valence-corrected chi connectivity index (χ2v) is 4.20. The molecule has 94 valence electrons. The minimum absolute atomic E-state index is 0.0769. The van der Waals surface area contributed by atoms with Gasteiger partial charge >= 0.3 is 0 Å². The fourth-order valence-electron chi connectivity index (χ4n) is 2.10. The highest BCUT2D eigenvalue weighted by molar-refractivity contribution is 6.08. The molecule has 0 atom stereocenters. The Hall–Kier alpha value is -2.37. The number of hydrogen-bond donors (Lipinski definition) is 4. The van der Waals surface area contributed by atoms with E-state index in [9.17, 15) is 0 Å². The van der Waals surface area contributed by atoms with Gasteiger partial charge in [-0.2, -0.15) is 5.10 Å². The summed E-state index contributed by atoms with van der Waals surface area (Å²) in [5.41, 5.74) is 14.6. The van der Waals surface area contributed by atoms with E-state index in [0.717, 1.165) is 35.2 Å². The van der Waals surface area contributed by atoms with Crippen LogP contribution in [0, 0.1) is 10.8 Å². The molecule has 0 bridgehead atoms. The Bertz CT molecular complexity index is 545. The minimum atomic E-state index is -0.0985. The van der Waals surface area contributed by atoms with Gasteiger partial charge in [0.05, 0.1) is 5.71 Å². The first-order valence-corrected chi connectivity index (χ1v) is 5.62. The van der Waals surface area contributed by atoms with Crippen LogP contribution >= 0.6 is 0 Å². The molecule has 0 aliphatic heterocycles. The molecule has 1 aliphatic carbocycles. The van der Waals surface area contributed by atoms with Crippen molar-refractivity contribution in [3.05, 3.63) is 34.9 Å². The molecule has 0 amide bonds. The second-order valence-electron chi connectivity index (χ2n) is 4.20. The molecule has 1 aromatic carbocycles. The Labute approximate surface area is 105 Å². The number of rotatable bonds is 2. The van der Waals surface area contributed by atoms with E-state index in [4.69, 9.17) is 22.3 Å². The molecule has 2 rings (SSSR count). The zero-order chi connectivity index (χ0) is 13.3. The van der Waals surface area contributed by atoms with Crippen molar-refractivity contribution in [1.29, 1.82) is 10.8 Å². The van der Waals surface area contributed by atoms with E-state index in [2.05, 4.69) is 5.10 Å². The lowest BCUT2D eigenvalue weighted by Crippen LogP contribution is -2.29. The van der Waals surface area contributed by atoms with Crippen molar-refractivity contribution < 1.29 is 0 Å². The smallest absolute Gasteiger partial charge is 0.208 e. The van der Waals surface area contributed by atoms with Gasteiger partial charge in [-0.05, 0) is 18.4 Å². The zero-order valence-corrected chi connectivity index (χ0v) is 10.2. The Balaban J connectivity index is 2.43. The maximum Gasteiger partial charge on any atom is 0.208 e. The standard InChI is InChI=1S/C12H16N6/c1-18(12(15)16)17-10-6-5-7-8(10)3-2-4-9(7)11(13)14/h2-4H,5-6H2,1H3,(H3,13,14)(H3,15,16)/b17-10+. The van der Waals surface area contributed by atoms with Gasteiger partial charge in [-0.15, -0.1) is 0 Å². The van der Waals surface area contributed by atoms with Crippen LogP contribution in [0.4, 0.5) is 0 Å². The quantitative estimate of drug-likeness (QED) is 0.344. The van der Waals surface area contributed by atoms with Crippen molar-refractivity contribution in [2.75, 3.05) is 7.05 Å². The van der Waals surface area contributed by atoms with Gasteiger partial charge in [0.1, 0.15) is 5.84 Å². The Kier molecular flexibility index (Phi) is 3.01. The molecule has 0 saturated heterocycles. The molecule has 0 heterocycles. The van der Waals surface area contributed by atoms with E-state index in [1.807, 2.05) is 18.2 Å². The maximum atomic E-state index is 7.55. The lowest BCUT2D eigenvalue weighted by Gasteiger charge is -2.11. The third-order valence-corrected chi connectivity index (χ3v) is 3.01. The van der Waals surface area contributed by atoms with Crippen molar-refractivity contribution in [3.8, 4) is 0 Å². The van der Waals surface area contributed by atoms with Gasteiger partial charge in [0.2, 0.25) is 5.96 Å². The SMILES string of the molecule is CN(/N=C1\CCc2c(C(=N)N)cccc21)C(=N)N. The van der Waals surface area contributed by atoms with Gasteiger partial charge in [-0.3, -0.25) is 10.8 Å². The number of nitrogen functional groups attached to an aromatic ring is 1. The average molecular weight is 244 g/mol. The first-order valence-electron chi connectivity index (χ1n) is 5.62. The Morgan fingerprint density at radius 3 is 2.61 bits per heavy atom. The summed E-state index contributed by atoms with van der Waals surface area (Å²) < 4.78 is 0. The lowest BCUT2D eigenvalue weighted by atomic mass is 10.0. The summed E-state index contributed by atoms with van der Waals surface area (Å²) in [7, 11) is 1.64. The summed E-state index contributed by atoms with van der Waals surface area (Å²) in [5.74, 6) is -0.0216. The summed E-state index contributed by atoms with van der Waals surface area (Å²) >= 11 is 0. The van der Waals surface area contributed by atoms with Crippen LogP contribution in [-0.2, 0) is 6.42 Å². The van der Waals surface area contributed by atoms with E-state index in [1.54, 1.807) is 7.05 Å². The van der Waals surface area contributed by atoms with Gasteiger partial charge in [0.25, 0.3) is 0 Å². The van der Waals surface area contributed by atoms with E-state index >= 15 is 0 Å². The zero-order valence-electron chi connectivity index (χ0n) is 10.2. The molecule has 6 heteroatoms. The van der Waals surface area contributed by atoms with Crippen LogP contribution in [0.25, 0.3) is 0 Å². The molecular weight excluding hydrogens is 228 g/mol. The number of nitrogens with two attached hydrogens (primary N) is 2. The molecule has 1 aromatic rings. The Morgan fingerprint density at radius 2 is 2.00 bits per heavy atom. The number of amidine groups is 1. The van der Waals surface area contributed by atoms with Crippen molar-refractivity contribution in [2.24, 2.45) is 16.6 Å². The fraction of sp³-hybridized carbons (Fsp3) is 0.250. The summed E-state index contributed by atoms with van der Waals surface area (Å²) in [5, 5.41) is 20.5. The number of guanidine groups is 1. The molecule has 6 nitrogen and oxygen atoms in total. The number of benzene rings is 1. The van der Waals surface area contributed by atoms with Gasteiger partial charge in [-0.1, -0.05) is 18.2 Å². The molecule has 0 aromatic heterocycles. The first kappa shape index (κ1) is 12.1. The van der Waals surface area contributed by atoms with E-state index in [0.29, 0.717) is 0 Å².